The highest BCUT2D eigenvalue weighted by Crippen LogP contribution is 2.48. The van der Waals surface area contributed by atoms with Crippen molar-refractivity contribution in [2.24, 2.45) is 45.4 Å². The van der Waals surface area contributed by atoms with Crippen LogP contribution in [-0.4, -0.2) is 143 Å². The molecular formula is C88H97Cl9N22O15S. The van der Waals surface area contributed by atoms with Gasteiger partial charge in [-0.25, -0.2) is 43.7 Å². The van der Waals surface area contributed by atoms with Gasteiger partial charge in [-0.15, -0.1) is 0 Å². The lowest BCUT2D eigenvalue weighted by molar-refractivity contribution is 0.248. The van der Waals surface area contributed by atoms with Gasteiger partial charge in [0.25, 0.3) is 22.2 Å². The second kappa shape index (κ2) is 51.6. The van der Waals surface area contributed by atoms with Crippen molar-refractivity contribution in [2.75, 3.05) is 92.4 Å². The number of nitrogens with zero attached hydrogens (tertiary/aromatic N) is 16. The van der Waals surface area contributed by atoms with Gasteiger partial charge in [0.15, 0.2) is 0 Å². The number of pyridine rings is 4. The van der Waals surface area contributed by atoms with E-state index in [1.807, 2.05) is 36.4 Å². The fraction of sp³-hybridized carbons (Fsp3) is 0.295. The standard InChI is InChI=1S/C21H18Cl3N5O4.C21H20ClN5O4.C20H22ClN5O3.C13H13Cl2N3O2.C7H10N2O.C6H14N2.Cl2OS/c1-27-5-4-11(6-15(27)30)9-29-19-12(8-25-20(24)26-19)10-28(21(29)31)18-16(22)13(32-2)7-14(33-3)17(18)23;1-25-5-4-13(6-18(25)28)11-27-19-14(10-23-20(22)24-19)12-26(21(27)29)15-7-16(30-2)9-17(8-15)31-3;1-26-5-4-13(6-18(26)27)10-23-19-14(12-24-20(21)25-19)11-22-15-7-16(28-2)9-17(8-15)29-3;1-19-10-3-9(4-11(5-10)20-2)16-6-8-7-17-13(15)18-12(8)14;1-9-3-2-6(5-8)4-7(9)10;7-5-3-1-2-4-6(5)8;1-4(2)3/h4-8H,9-10H2,1-3H3;4-10H,11-12H2,1-3H3;4-9,12,22H,10-11H2,1-3H3,(H,23,24,25);3-5,7,16H,6H2,1-2H3;2-4H,5,8H2,1H3;5-6H,1-4,7-8H2;. The average molecular weight is 2050 g/mol. The topological polar surface area (TPSA) is 443 Å². The molecule has 2 unspecified atom stereocenters. The van der Waals surface area contributed by atoms with Crippen LogP contribution < -0.4 is 113 Å². The van der Waals surface area contributed by atoms with Crippen LogP contribution in [0.15, 0.2) is 178 Å². The largest absolute Gasteiger partial charge is 0.497 e. The second-order valence-electron chi connectivity index (χ2n) is 29.4. The van der Waals surface area contributed by atoms with Crippen LogP contribution in [0.25, 0.3) is 0 Å². The Morgan fingerprint density at radius 1 is 0.415 bits per heavy atom. The predicted octanol–water partition coefficient (Wildman–Crippen LogP) is 14.9. The van der Waals surface area contributed by atoms with E-state index in [-0.39, 0.29) is 115 Å². The summed E-state index contributed by atoms with van der Waals surface area (Å²) in [6.07, 6.45) is 17.9. The lowest BCUT2D eigenvalue weighted by Crippen LogP contribution is -2.48. The molecule has 3 aliphatic rings. The Morgan fingerprint density at radius 2 is 0.763 bits per heavy atom. The van der Waals surface area contributed by atoms with Crippen LogP contribution in [0.2, 0.25) is 36.3 Å². The number of hydrogen-bond acceptors (Lipinski definition) is 29. The monoisotopic (exact) mass is 2050 g/mol. The van der Waals surface area contributed by atoms with Gasteiger partial charge in [0.2, 0.25) is 30.4 Å². The van der Waals surface area contributed by atoms with E-state index in [2.05, 4.69) is 77.2 Å². The Labute approximate surface area is 822 Å². The Hall–Kier alpha value is -12.0. The quantitative estimate of drug-likeness (QED) is 0.0186. The molecule has 37 nitrogen and oxygen atoms in total. The molecular weight excluding hydrogens is 1960 g/mol. The first-order chi connectivity index (χ1) is 64.5. The number of anilines is 7. The number of fused-ring (bicyclic) bond motifs is 2. The summed E-state index contributed by atoms with van der Waals surface area (Å²) in [6, 6.07) is 30.9. The van der Waals surface area contributed by atoms with Crippen LogP contribution >= 0.6 is 103 Å². The highest BCUT2D eigenvalue weighted by Gasteiger charge is 2.38. The van der Waals surface area contributed by atoms with Crippen molar-refractivity contribution in [3.8, 4) is 46.0 Å². The first kappa shape index (κ1) is 107. The number of ether oxygens (including phenoxy) is 8. The summed E-state index contributed by atoms with van der Waals surface area (Å²) in [6.45, 7) is 2.30. The van der Waals surface area contributed by atoms with Crippen molar-refractivity contribution in [2.45, 2.75) is 90.1 Å². The Bertz CT molecular complexity index is 6300. The number of urea groups is 2. The van der Waals surface area contributed by atoms with Crippen molar-refractivity contribution in [3.63, 3.8) is 0 Å². The van der Waals surface area contributed by atoms with E-state index in [0.717, 1.165) is 52.0 Å². The number of aromatic nitrogens is 12. The Morgan fingerprint density at radius 3 is 1.16 bits per heavy atom. The summed E-state index contributed by atoms with van der Waals surface area (Å²) in [4.78, 5) is 113. The third kappa shape index (κ3) is 30.5. The summed E-state index contributed by atoms with van der Waals surface area (Å²) in [7, 11) is 26.5. The number of nitrogens with two attached hydrogens (primary N) is 3. The molecule has 2 aliphatic heterocycles. The maximum atomic E-state index is 13.7. The molecule has 718 valence electrons. The number of aryl methyl sites for hydroxylation is 4. The molecule has 0 saturated heterocycles. The molecule has 15 rings (SSSR count). The molecule has 1 saturated carbocycles. The van der Waals surface area contributed by atoms with E-state index in [9.17, 15) is 28.8 Å². The van der Waals surface area contributed by atoms with E-state index in [1.165, 1.54) is 84.4 Å². The molecule has 9 N–H and O–H groups in total. The lowest BCUT2D eigenvalue weighted by atomic mass is 9.92. The highest BCUT2D eigenvalue weighted by atomic mass is 36.0. The maximum Gasteiger partial charge on any atom is 0.330 e. The minimum atomic E-state index is -1.67. The molecule has 135 heavy (non-hydrogen) atoms. The first-order valence-corrected chi connectivity index (χ1v) is 45.9. The fourth-order valence-corrected chi connectivity index (χ4v) is 14.5. The molecule has 1 fully saturated rings. The molecule has 4 aromatic carbocycles. The van der Waals surface area contributed by atoms with Gasteiger partial charge in [-0.05, 0) is 106 Å². The number of benzene rings is 4. The van der Waals surface area contributed by atoms with Crippen LogP contribution in [0, 0.1) is 0 Å². The van der Waals surface area contributed by atoms with E-state index in [4.69, 9.17) is 141 Å². The Kier molecular flexibility index (Phi) is 40.8. The Balaban J connectivity index is 0.000000189. The molecule has 0 bridgehead atoms. The van der Waals surface area contributed by atoms with Gasteiger partial charge in [0.1, 0.15) is 78.6 Å². The van der Waals surface area contributed by atoms with E-state index < -0.39 is 15.3 Å². The SMILES string of the molecule is COc1cc(NCc2cnc(Cl)nc2Cl)cc(OC)c1.COc1cc(NCc2cnc(Cl)nc2NCc2ccn(C)c(=O)c2)cc(OC)c1.COc1cc(OC)c(Cl)c(N2Cc3cnc(Cl)nc3N(Cc3ccn(C)c(=O)c3)C2=O)c1Cl.COc1cc(OC)cc(N2Cc3cnc(Cl)nc3N(Cc3ccn(C)c(=O)c3)C2=O)c1.Cn1ccc(CN)cc1=O.NC1CCCCC1N.O=S(Cl)Cl. The summed E-state index contributed by atoms with van der Waals surface area (Å²) in [5, 5.41) is 10.6. The highest BCUT2D eigenvalue weighted by molar-refractivity contribution is 8.26. The third-order valence-electron chi connectivity index (χ3n) is 20.4. The molecule has 10 heterocycles. The van der Waals surface area contributed by atoms with Crippen LogP contribution in [0.4, 0.5) is 49.8 Å². The fourth-order valence-electron chi connectivity index (χ4n) is 13.0. The smallest absolute Gasteiger partial charge is 0.330 e. The minimum absolute atomic E-state index is 0.0110. The maximum absolute atomic E-state index is 13.7. The van der Waals surface area contributed by atoms with Gasteiger partial charge >= 0.3 is 12.1 Å². The van der Waals surface area contributed by atoms with E-state index in [1.54, 1.807) is 174 Å². The van der Waals surface area contributed by atoms with E-state index in [0.29, 0.717) is 106 Å². The molecule has 2 atom stereocenters. The number of carbonyl (C=O) groups excluding carboxylic acids is 2. The van der Waals surface area contributed by atoms with Gasteiger partial charge in [-0.2, -0.15) is 9.97 Å². The van der Waals surface area contributed by atoms with Gasteiger partial charge in [-0.1, -0.05) is 47.6 Å². The molecule has 0 radical (unpaired) electrons. The number of rotatable bonds is 24. The summed E-state index contributed by atoms with van der Waals surface area (Å²) < 4.78 is 57.4. The van der Waals surface area contributed by atoms with Crippen molar-refractivity contribution in [1.82, 2.24) is 58.1 Å². The molecule has 4 amide bonds. The van der Waals surface area contributed by atoms with Crippen LogP contribution in [0.3, 0.4) is 0 Å². The van der Waals surface area contributed by atoms with Crippen molar-refractivity contribution in [3.05, 3.63) is 281 Å². The lowest BCUT2D eigenvalue weighted by Gasteiger charge is -2.37. The molecule has 12 aromatic rings. The zero-order chi connectivity index (χ0) is 98.4. The minimum Gasteiger partial charge on any atom is -0.497 e. The normalized spacial score (nSPS) is 13.4. The van der Waals surface area contributed by atoms with Gasteiger partial charge < -0.3 is 89.3 Å². The van der Waals surface area contributed by atoms with E-state index >= 15 is 0 Å². The zero-order valence-electron chi connectivity index (χ0n) is 75.0. The summed E-state index contributed by atoms with van der Waals surface area (Å²) in [5.41, 5.74) is 24.5. The van der Waals surface area contributed by atoms with Crippen molar-refractivity contribution < 1.29 is 51.7 Å². The third-order valence-corrected chi connectivity index (χ3v) is 22.2. The molecule has 8 aromatic heterocycles. The van der Waals surface area contributed by atoms with Crippen LogP contribution in [0.1, 0.15) is 70.2 Å². The van der Waals surface area contributed by atoms with Gasteiger partial charge in [-0.3, -0.25) is 38.8 Å². The number of amides is 4. The zero-order valence-corrected chi connectivity index (χ0v) is 82.6. The van der Waals surface area contributed by atoms with Gasteiger partial charge in [0, 0.05) is 256 Å². The second-order valence-corrected chi connectivity index (χ2v) is 34.4. The van der Waals surface area contributed by atoms with Crippen LogP contribution in [-0.2, 0) is 89.8 Å². The summed E-state index contributed by atoms with van der Waals surface area (Å²) in [5.74, 6) is 5.79. The molecule has 1 aliphatic carbocycles. The number of halogens is 9. The summed E-state index contributed by atoms with van der Waals surface area (Å²) >= 11 is 42.8. The number of carbonyl (C=O) groups is 2. The number of hydrogen-bond donors (Lipinski definition) is 6. The van der Waals surface area contributed by atoms with Crippen LogP contribution in [0.5, 0.6) is 46.0 Å². The van der Waals surface area contributed by atoms with Gasteiger partial charge in [0.05, 0.1) is 94.4 Å². The first-order valence-electron chi connectivity index (χ1n) is 40.5. The number of nitrogens with one attached hydrogen (secondary N) is 3. The molecule has 47 heteroatoms. The molecule has 0 spiro atoms. The number of methoxy groups -OCH3 is 8. The van der Waals surface area contributed by atoms with Crippen molar-refractivity contribution in [1.29, 1.82) is 0 Å². The predicted molar refractivity (Wildman–Crippen MR) is 528 cm³/mol. The van der Waals surface area contributed by atoms with Crippen molar-refractivity contribution >= 4 is 164 Å². The average Bonchev–Trinajstić information content (AvgIpc) is 0.754.